The maximum atomic E-state index is 13.3. The van der Waals surface area contributed by atoms with Crippen molar-refractivity contribution >= 4 is 17.1 Å². The molecule has 0 aromatic heterocycles. The molecule has 9 nitrogen and oxygen atoms in total. The number of nitrogens with one attached hydrogen (secondary N) is 3. The van der Waals surface area contributed by atoms with Crippen LogP contribution in [0.2, 0.25) is 0 Å². The molecule has 6 rings (SSSR count). The van der Waals surface area contributed by atoms with Gasteiger partial charge in [-0.25, -0.2) is 4.39 Å². The van der Waals surface area contributed by atoms with Crippen molar-refractivity contribution in [2.75, 3.05) is 69.6 Å². The van der Waals surface area contributed by atoms with E-state index in [2.05, 4.69) is 65.6 Å². The van der Waals surface area contributed by atoms with Crippen LogP contribution in [0.5, 0.6) is 0 Å². The Labute approximate surface area is 300 Å². The van der Waals surface area contributed by atoms with Gasteiger partial charge in [-0.05, 0) is 80.8 Å². The maximum absolute atomic E-state index is 13.3. The summed E-state index contributed by atoms with van der Waals surface area (Å²) in [5.74, 6) is -0.321. The fourth-order valence-electron chi connectivity index (χ4n) is 6.81. The number of hydrogen-bond acceptors (Lipinski definition) is 9. The number of nitrogen functional groups attached to an aromatic ring is 3. The average Bonchev–Trinajstić information content (AvgIpc) is 3.05. The number of anilines is 3. The molecular weight excluding hydrogens is 658 g/mol. The minimum Gasteiger partial charge on any atom is -0.399 e. The van der Waals surface area contributed by atoms with Gasteiger partial charge in [0.2, 0.25) is 0 Å². The number of piperazine rings is 3. The molecule has 13 heteroatoms. The van der Waals surface area contributed by atoms with Gasteiger partial charge in [-0.15, -0.1) is 0 Å². The van der Waals surface area contributed by atoms with Gasteiger partial charge in [-0.3, -0.25) is 14.7 Å². The molecule has 0 aliphatic carbocycles. The van der Waals surface area contributed by atoms with Gasteiger partial charge in [0, 0.05) is 101 Å². The highest BCUT2D eigenvalue weighted by molar-refractivity contribution is 5.41. The summed E-state index contributed by atoms with van der Waals surface area (Å²) in [5, 5.41) is 9.50. The Balaban J connectivity index is 0.000000172. The largest absolute Gasteiger partial charge is 0.405 e. The summed E-state index contributed by atoms with van der Waals surface area (Å²) in [6.07, 6.45) is -4.18. The molecule has 3 fully saturated rings. The number of hydrogen-bond donors (Lipinski definition) is 6. The van der Waals surface area contributed by atoms with Crippen molar-refractivity contribution in [1.82, 2.24) is 30.7 Å². The minimum atomic E-state index is -4.18. The van der Waals surface area contributed by atoms with Crippen molar-refractivity contribution in [1.29, 1.82) is 0 Å². The Morgan fingerprint density at radius 2 is 1.22 bits per heavy atom. The summed E-state index contributed by atoms with van der Waals surface area (Å²) >= 11 is 0. The molecule has 282 valence electrons. The second-order valence-electron chi connectivity index (χ2n) is 14.8. The first-order chi connectivity index (χ1) is 24.0. The first-order valence-electron chi connectivity index (χ1n) is 17.8. The van der Waals surface area contributed by atoms with Crippen LogP contribution in [-0.4, -0.2) is 96.9 Å². The third kappa shape index (κ3) is 13.9. The molecule has 3 aliphatic rings. The van der Waals surface area contributed by atoms with E-state index in [1.165, 1.54) is 11.6 Å². The molecule has 3 saturated heterocycles. The third-order valence-electron chi connectivity index (χ3n) is 9.18. The van der Waals surface area contributed by atoms with Crippen LogP contribution in [0, 0.1) is 5.82 Å². The molecular formula is C38H57F4N9. The highest BCUT2D eigenvalue weighted by Crippen LogP contribution is 2.23. The SMILES string of the molecule is CC1(C)CN(Cc2ccc(N)cc2)CCN1.C[C@@H]1CN(Cc2ccc(N)c(F)c2)C[C@H](C)N1.Nc1ccc(CN2CCNC(C(F)(F)F)C2)cc1. The minimum absolute atomic E-state index is 0.00607. The number of alkyl halides is 3. The normalized spacial score (nSPS) is 23.0. The van der Waals surface area contributed by atoms with E-state index in [0.717, 1.165) is 62.6 Å². The van der Waals surface area contributed by atoms with E-state index in [-0.39, 0.29) is 23.6 Å². The molecule has 0 saturated carbocycles. The number of rotatable bonds is 6. The molecule has 0 amide bonds. The number of nitrogens with two attached hydrogens (primary N) is 3. The number of benzene rings is 3. The van der Waals surface area contributed by atoms with Crippen molar-refractivity contribution < 1.29 is 17.6 Å². The topological polar surface area (TPSA) is 124 Å². The molecule has 0 radical (unpaired) electrons. The lowest BCUT2D eigenvalue weighted by atomic mass is 10.0. The summed E-state index contributed by atoms with van der Waals surface area (Å²) < 4.78 is 51.1. The van der Waals surface area contributed by atoms with Crippen LogP contribution >= 0.6 is 0 Å². The zero-order valence-electron chi connectivity index (χ0n) is 30.4. The van der Waals surface area contributed by atoms with Crippen molar-refractivity contribution in [3.05, 3.63) is 89.2 Å². The van der Waals surface area contributed by atoms with Crippen molar-refractivity contribution in [3.63, 3.8) is 0 Å². The van der Waals surface area contributed by atoms with E-state index < -0.39 is 12.2 Å². The van der Waals surface area contributed by atoms with Crippen molar-refractivity contribution in [3.8, 4) is 0 Å². The van der Waals surface area contributed by atoms with Gasteiger partial charge in [0.15, 0.2) is 0 Å². The molecule has 0 spiro atoms. The van der Waals surface area contributed by atoms with Crippen LogP contribution in [-0.2, 0) is 19.6 Å². The highest BCUT2D eigenvalue weighted by Gasteiger charge is 2.41. The first kappa shape index (κ1) is 40.3. The lowest BCUT2D eigenvalue weighted by Gasteiger charge is -2.39. The average molecular weight is 716 g/mol. The van der Waals surface area contributed by atoms with Crippen LogP contribution in [0.3, 0.4) is 0 Å². The van der Waals surface area contributed by atoms with Gasteiger partial charge < -0.3 is 33.2 Å². The van der Waals surface area contributed by atoms with E-state index in [1.54, 1.807) is 23.1 Å². The Morgan fingerprint density at radius 3 is 1.75 bits per heavy atom. The van der Waals surface area contributed by atoms with Crippen LogP contribution in [0.25, 0.3) is 0 Å². The zero-order chi connectivity index (χ0) is 37.2. The van der Waals surface area contributed by atoms with Gasteiger partial charge in [0.25, 0.3) is 0 Å². The van der Waals surface area contributed by atoms with Gasteiger partial charge in [0.1, 0.15) is 11.9 Å². The summed E-state index contributed by atoms with van der Waals surface area (Å²) in [6, 6.07) is 20.0. The third-order valence-corrected chi connectivity index (χ3v) is 9.18. The zero-order valence-corrected chi connectivity index (χ0v) is 30.4. The number of nitrogens with zero attached hydrogens (tertiary/aromatic N) is 3. The van der Waals surface area contributed by atoms with Gasteiger partial charge in [-0.1, -0.05) is 30.3 Å². The lowest BCUT2D eigenvalue weighted by Crippen LogP contribution is -2.56. The standard InChI is InChI=1S/C13H20FN3.C13H21N3.C12H16F3N3/c1-9-6-17(7-10(2)16-9)8-11-3-4-13(15)12(14)5-11;1-13(2)10-16(8-7-15-13)9-11-3-5-12(14)6-4-11;13-12(14,15)11-8-18(6-5-17-11)7-9-1-3-10(16)4-2-9/h3-5,9-10,16H,6-8,15H2,1-2H3;3-6,15H,7-10,14H2,1-2H3;1-4,11,17H,5-8,16H2/t9-,10+;;. The Morgan fingerprint density at radius 1 is 0.706 bits per heavy atom. The summed E-state index contributed by atoms with van der Waals surface area (Å²) in [7, 11) is 0. The first-order valence-corrected chi connectivity index (χ1v) is 17.8. The monoisotopic (exact) mass is 715 g/mol. The van der Waals surface area contributed by atoms with Crippen LogP contribution < -0.4 is 33.2 Å². The molecule has 9 N–H and O–H groups in total. The Bertz CT molecular complexity index is 1470. The van der Waals surface area contributed by atoms with E-state index >= 15 is 0 Å². The Kier molecular flexibility index (Phi) is 14.5. The Hall–Kier alpha value is -3.46. The lowest BCUT2D eigenvalue weighted by molar-refractivity contribution is -0.165. The molecule has 3 aliphatic heterocycles. The van der Waals surface area contributed by atoms with Crippen LogP contribution in [0.1, 0.15) is 44.4 Å². The summed E-state index contributed by atoms with van der Waals surface area (Å²) in [4.78, 5) is 6.64. The van der Waals surface area contributed by atoms with Gasteiger partial charge >= 0.3 is 6.18 Å². The van der Waals surface area contributed by atoms with E-state index in [9.17, 15) is 17.6 Å². The molecule has 3 aromatic carbocycles. The van der Waals surface area contributed by atoms with Gasteiger partial charge in [0.05, 0.1) is 5.69 Å². The molecule has 51 heavy (non-hydrogen) atoms. The maximum Gasteiger partial charge on any atom is 0.405 e. The van der Waals surface area contributed by atoms with Crippen molar-refractivity contribution in [2.45, 2.75) is 77.2 Å². The highest BCUT2D eigenvalue weighted by atomic mass is 19.4. The molecule has 3 heterocycles. The van der Waals surface area contributed by atoms with Crippen LogP contribution in [0.15, 0.2) is 66.7 Å². The van der Waals surface area contributed by atoms with E-state index in [4.69, 9.17) is 17.2 Å². The van der Waals surface area contributed by atoms with Crippen LogP contribution in [0.4, 0.5) is 34.6 Å². The van der Waals surface area contributed by atoms with Crippen molar-refractivity contribution in [2.24, 2.45) is 0 Å². The molecule has 3 atom stereocenters. The predicted molar refractivity (Wildman–Crippen MR) is 200 cm³/mol. The van der Waals surface area contributed by atoms with E-state index in [1.807, 2.05) is 30.3 Å². The fourth-order valence-corrected chi connectivity index (χ4v) is 6.81. The predicted octanol–water partition coefficient (Wildman–Crippen LogP) is 4.65. The fraction of sp³-hybridized carbons (Fsp3) is 0.526. The van der Waals surface area contributed by atoms with E-state index in [0.29, 0.717) is 37.4 Å². The quantitative estimate of drug-likeness (QED) is 0.160. The molecule has 1 unspecified atom stereocenters. The van der Waals surface area contributed by atoms with Gasteiger partial charge in [-0.2, -0.15) is 13.2 Å². The smallest absolute Gasteiger partial charge is 0.399 e. The summed E-state index contributed by atoms with van der Waals surface area (Å²) in [6.45, 7) is 17.4. The summed E-state index contributed by atoms with van der Waals surface area (Å²) in [5.41, 5.74) is 22.0. The number of halogens is 4. The second kappa shape index (κ2) is 18.3. The molecule has 3 aromatic rings. The second-order valence-corrected chi connectivity index (χ2v) is 14.8. The molecule has 0 bridgehead atoms.